The van der Waals surface area contributed by atoms with Gasteiger partial charge in [0.15, 0.2) is 0 Å². The van der Waals surface area contributed by atoms with Crippen molar-refractivity contribution in [1.82, 2.24) is 5.32 Å². The van der Waals surface area contributed by atoms with Crippen molar-refractivity contribution in [3.8, 4) is 0 Å². The Kier molecular flexibility index (Phi) is 4.75. The number of unbranched alkanes of at least 4 members (excludes halogenated alkanes) is 1. The van der Waals surface area contributed by atoms with Gasteiger partial charge >= 0.3 is 0 Å². The second-order valence-electron chi connectivity index (χ2n) is 3.91. The Morgan fingerprint density at radius 1 is 1.50 bits per heavy atom. The molecule has 14 heavy (non-hydrogen) atoms. The van der Waals surface area contributed by atoms with E-state index in [4.69, 9.17) is 5.73 Å². The van der Waals surface area contributed by atoms with E-state index < -0.39 is 0 Å². The first kappa shape index (κ1) is 11.9. The monoisotopic (exact) mass is 216 g/mol. The molecule has 1 saturated carbocycles. The summed E-state index contributed by atoms with van der Waals surface area (Å²) in [6, 6.07) is 0. The molecule has 3 nitrogen and oxygen atoms in total. The van der Waals surface area contributed by atoms with Crippen LogP contribution in [-0.2, 0) is 4.79 Å². The molecule has 0 atom stereocenters. The van der Waals surface area contributed by atoms with Gasteiger partial charge in [-0.25, -0.2) is 0 Å². The highest BCUT2D eigenvalue weighted by Crippen LogP contribution is 2.46. The van der Waals surface area contributed by atoms with Crippen molar-refractivity contribution in [1.29, 1.82) is 0 Å². The third kappa shape index (κ3) is 3.88. The molecule has 0 aromatic rings. The topological polar surface area (TPSA) is 55.1 Å². The second kappa shape index (κ2) is 5.61. The van der Waals surface area contributed by atoms with Crippen molar-refractivity contribution < 1.29 is 4.79 Å². The van der Waals surface area contributed by atoms with E-state index in [0.717, 1.165) is 19.4 Å². The molecule has 1 amide bonds. The van der Waals surface area contributed by atoms with Gasteiger partial charge in [-0.3, -0.25) is 4.79 Å². The molecule has 0 saturated heterocycles. The number of carbonyl (C=O) groups excluding carboxylic acids is 1. The average Bonchev–Trinajstić information content (AvgIpc) is 2.96. The number of rotatable bonds is 7. The Hall–Kier alpha value is -0.220. The van der Waals surface area contributed by atoms with E-state index in [-0.39, 0.29) is 5.91 Å². The third-order valence-electron chi connectivity index (χ3n) is 2.71. The molecule has 3 N–H and O–H groups in total. The summed E-state index contributed by atoms with van der Waals surface area (Å²) < 4.78 is 0.378. The quantitative estimate of drug-likeness (QED) is 0.627. The number of hydrogen-bond acceptors (Lipinski definition) is 3. The molecule has 0 unspecified atom stereocenters. The van der Waals surface area contributed by atoms with E-state index in [2.05, 4.69) is 11.6 Å². The van der Waals surface area contributed by atoms with Gasteiger partial charge < -0.3 is 11.1 Å². The van der Waals surface area contributed by atoms with Crippen LogP contribution >= 0.6 is 11.8 Å². The van der Waals surface area contributed by atoms with Gasteiger partial charge in [0.25, 0.3) is 0 Å². The molecule has 0 heterocycles. The molecular weight excluding hydrogens is 196 g/mol. The molecule has 4 heteroatoms. The molecular formula is C10H20N2OS. The van der Waals surface area contributed by atoms with Crippen LogP contribution in [0.1, 0.15) is 32.1 Å². The first-order chi connectivity index (χ1) is 6.72. The number of nitrogens with one attached hydrogen (secondary N) is 1. The first-order valence-corrected chi connectivity index (χ1v) is 6.47. The molecule has 0 aromatic heterocycles. The van der Waals surface area contributed by atoms with Crippen LogP contribution in [0.25, 0.3) is 0 Å². The van der Waals surface area contributed by atoms with Crippen LogP contribution in [-0.4, -0.2) is 30.0 Å². The lowest BCUT2D eigenvalue weighted by molar-refractivity contribution is -0.121. The fourth-order valence-corrected chi connectivity index (χ4v) is 2.10. The first-order valence-electron chi connectivity index (χ1n) is 5.24. The maximum Gasteiger partial charge on any atom is 0.220 e. The molecule has 82 valence electrons. The summed E-state index contributed by atoms with van der Waals surface area (Å²) in [7, 11) is 0. The van der Waals surface area contributed by atoms with Crippen molar-refractivity contribution in [2.24, 2.45) is 5.73 Å². The maximum atomic E-state index is 11.3. The lowest BCUT2D eigenvalue weighted by Crippen LogP contribution is -2.31. The minimum Gasteiger partial charge on any atom is -0.355 e. The highest BCUT2D eigenvalue weighted by Gasteiger charge is 2.41. The van der Waals surface area contributed by atoms with Crippen LogP contribution in [0.4, 0.5) is 0 Å². The zero-order valence-electron chi connectivity index (χ0n) is 8.84. The van der Waals surface area contributed by atoms with Crippen LogP contribution in [0, 0.1) is 0 Å². The second-order valence-corrected chi connectivity index (χ2v) is 5.18. The molecule has 1 fully saturated rings. The number of hydrogen-bond donors (Lipinski definition) is 2. The summed E-state index contributed by atoms with van der Waals surface area (Å²) in [5, 5.41) is 2.99. The van der Waals surface area contributed by atoms with Crippen LogP contribution in [0.3, 0.4) is 0 Å². The van der Waals surface area contributed by atoms with Crippen LogP contribution in [0.15, 0.2) is 0 Å². The third-order valence-corrected chi connectivity index (χ3v) is 4.12. The number of nitrogens with two attached hydrogens (primary N) is 1. The van der Waals surface area contributed by atoms with Crippen LogP contribution < -0.4 is 11.1 Å². The van der Waals surface area contributed by atoms with E-state index in [1.54, 1.807) is 0 Å². The Labute approximate surface area is 90.2 Å². The van der Waals surface area contributed by atoms with Crippen molar-refractivity contribution in [2.75, 3.05) is 19.3 Å². The minimum atomic E-state index is 0.179. The van der Waals surface area contributed by atoms with Gasteiger partial charge in [0.1, 0.15) is 0 Å². The summed E-state index contributed by atoms with van der Waals surface area (Å²) >= 11 is 1.87. The summed E-state index contributed by atoms with van der Waals surface area (Å²) in [5.74, 6) is 0.179. The normalized spacial score (nSPS) is 17.9. The summed E-state index contributed by atoms with van der Waals surface area (Å²) in [6.45, 7) is 1.53. The highest BCUT2D eigenvalue weighted by atomic mass is 32.2. The minimum absolute atomic E-state index is 0.179. The highest BCUT2D eigenvalue weighted by molar-refractivity contribution is 8.00. The van der Waals surface area contributed by atoms with E-state index >= 15 is 0 Å². The predicted molar refractivity (Wildman–Crippen MR) is 61.4 cm³/mol. The maximum absolute atomic E-state index is 11.3. The largest absolute Gasteiger partial charge is 0.355 e. The molecule has 0 spiro atoms. The van der Waals surface area contributed by atoms with Gasteiger partial charge in [-0.15, -0.1) is 0 Å². The van der Waals surface area contributed by atoms with E-state index in [1.165, 1.54) is 12.8 Å². The van der Waals surface area contributed by atoms with Crippen LogP contribution in [0.2, 0.25) is 0 Å². The van der Waals surface area contributed by atoms with Crippen molar-refractivity contribution in [3.63, 3.8) is 0 Å². The zero-order chi connectivity index (χ0) is 10.4. The fraction of sp³-hybridized carbons (Fsp3) is 0.900. The zero-order valence-corrected chi connectivity index (χ0v) is 9.66. The Morgan fingerprint density at radius 3 is 2.71 bits per heavy atom. The molecule has 0 aliphatic heterocycles. The molecule has 0 bridgehead atoms. The molecule has 0 radical (unpaired) electrons. The SMILES string of the molecule is CSC1(CNC(=O)CCCCN)CC1. The van der Waals surface area contributed by atoms with E-state index in [9.17, 15) is 4.79 Å². The lowest BCUT2D eigenvalue weighted by atomic mass is 10.2. The lowest BCUT2D eigenvalue weighted by Gasteiger charge is -2.12. The molecule has 1 rings (SSSR count). The summed E-state index contributed by atoms with van der Waals surface area (Å²) in [6.07, 6.45) is 7.10. The van der Waals surface area contributed by atoms with Gasteiger partial charge in [-0.2, -0.15) is 11.8 Å². The standard InChI is InChI=1S/C10H20N2OS/c1-14-10(5-6-10)8-12-9(13)4-2-3-7-11/h2-8,11H2,1H3,(H,12,13). The predicted octanol–water partition coefficient (Wildman–Crippen LogP) is 1.13. The van der Waals surface area contributed by atoms with Crippen molar-refractivity contribution in [3.05, 3.63) is 0 Å². The van der Waals surface area contributed by atoms with Gasteiger partial charge in [-0.05, 0) is 38.5 Å². The fourth-order valence-electron chi connectivity index (χ4n) is 1.37. The number of amides is 1. The van der Waals surface area contributed by atoms with Crippen LogP contribution in [0.5, 0.6) is 0 Å². The average molecular weight is 216 g/mol. The molecule has 1 aliphatic rings. The number of carbonyl (C=O) groups is 1. The molecule has 0 aromatic carbocycles. The van der Waals surface area contributed by atoms with Crippen molar-refractivity contribution in [2.45, 2.75) is 36.9 Å². The number of thioether (sulfide) groups is 1. The van der Waals surface area contributed by atoms with E-state index in [1.807, 2.05) is 11.8 Å². The Bertz CT molecular complexity index is 193. The summed E-state index contributed by atoms with van der Waals surface area (Å²) in [4.78, 5) is 11.3. The van der Waals surface area contributed by atoms with Gasteiger partial charge in [0.05, 0.1) is 0 Å². The Morgan fingerprint density at radius 2 is 2.21 bits per heavy atom. The smallest absolute Gasteiger partial charge is 0.220 e. The summed E-state index contributed by atoms with van der Waals surface area (Å²) in [5.41, 5.74) is 5.35. The Balaban J connectivity index is 2.03. The van der Waals surface area contributed by atoms with Gasteiger partial charge in [-0.1, -0.05) is 0 Å². The van der Waals surface area contributed by atoms with E-state index in [0.29, 0.717) is 17.7 Å². The van der Waals surface area contributed by atoms with Gasteiger partial charge in [0.2, 0.25) is 5.91 Å². The van der Waals surface area contributed by atoms with Gasteiger partial charge in [0, 0.05) is 17.7 Å². The molecule has 1 aliphatic carbocycles. The van der Waals surface area contributed by atoms with Crippen molar-refractivity contribution >= 4 is 17.7 Å².